The summed E-state index contributed by atoms with van der Waals surface area (Å²) >= 11 is 0. The van der Waals surface area contributed by atoms with Gasteiger partial charge in [0, 0.05) is 29.2 Å². The molecule has 4 rings (SSSR count). The lowest BCUT2D eigenvalue weighted by molar-refractivity contribution is -0.124. The minimum Gasteiger partial charge on any atom is -0.361 e. The van der Waals surface area contributed by atoms with Crippen molar-refractivity contribution in [3.05, 3.63) is 76.7 Å². The number of aromatic nitrogens is 1. The number of carbonyl (C=O) groups excluding carboxylic acids is 1. The highest BCUT2D eigenvalue weighted by Gasteiger charge is 2.21. The number of hydrogen-bond donors (Lipinski definition) is 4. The molecule has 1 aliphatic rings. The summed E-state index contributed by atoms with van der Waals surface area (Å²) < 4.78 is 13.3. The molecule has 5 nitrogen and oxygen atoms in total. The van der Waals surface area contributed by atoms with Crippen LogP contribution in [-0.4, -0.2) is 22.6 Å². The van der Waals surface area contributed by atoms with E-state index in [9.17, 15) is 9.18 Å². The molecule has 3 aromatic rings. The van der Waals surface area contributed by atoms with Crippen LogP contribution < -0.4 is 10.8 Å². The van der Waals surface area contributed by atoms with Crippen molar-refractivity contribution in [3.8, 4) is 0 Å². The number of H-pyrrole nitrogens is 1. The fraction of sp³-hybridized carbons (Fsp3) is 0.227. The number of hydrogen-bond acceptors (Lipinski definition) is 3. The van der Waals surface area contributed by atoms with Gasteiger partial charge in [-0.05, 0) is 72.3 Å². The van der Waals surface area contributed by atoms with Gasteiger partial charge in [0.25, 0.3) is 5.91 Å². The highest BCUT2D eigenvalue weighted by Crippen LogP contribution is 2.32. The summed E-state index contributed by atoms with van der Waals surface area (Å²) in [6.07, 6.45) is 7.85. The maximum atomic E-state index is 13.3. The van der Waals surface area contributed by atoms with Gasteiger partial charge in [0.05, 0.1) is 0 Å². The van der Waals surface area contributed by atoms with E-state index < -0.39 is 5.91 Å². The lowest BCUT2D eigenvalue weighted by Gasteiger charge is -2.14. The molecule has 0 aliphatic heterocycles. The largest absolute Gasteiger partial charge is 0.361 e. The van der Waals surface area contributed by atoms with Gasteiger partial charge in [0.15, 0.2) is 0 Å². The minimum atomic E-state index is -0.542. The molecule has 144 valence electrons. The molecule has 1 amide bonds. The monoisotopic (exact) mass is 379 g/mol. The lowest BCUT2D eigenvalue weighted by Crippen LogP contribution is -2.21. The number of aromatic amines is 1. The van der Waals surface area contributed by atoms with Crippen molar-refractivity contribution in [2.45, 2.75) is 25.3 Å². The molecule has 0 saturated carbocycles. The van der Waals surface area contributed by atoms with E-state index in [1.54, 1.807) is 11.6 Å². The Kier molecular flexibility index (Phi) is 5.23. The zero-order valence-corrected chi connectivity index (χ0v) is 15.3. The minimum absolute atomic E-state index is 0.229. The van der Waals surface area contributed by atoms with Gasteiger partial charge in [0.1, 0.15) is 5.82 Å². The molecule has 0 saturated heterocycles. The smallest absolute Gasteiger partial charge is 0.267 e. The summed E-state index contributed by atoms with van der Waals surface area (Å²) in [5.74, 6) is -0.771. The highest BCUT2D eigenvalue weighted by molar-refractivity contribution is 5.90. The van der Waals surface area contributed by atoms with E-state index in [2.05, 4.69) is 22.4 Å². The first-order chi connectivity index (χ1) is 13.6. The molecule has 4 N–H and O–H groups in total. The van der Waals surface area contributed by atoms with E-state index in [4.69, 9.17) is 5.21 Å². The quantitative estimate of drug-likeness (QED) is 0.300. The summed E-state index contributed by atoms with van der Waals surface area (Å²) in [7, 11) is 0. The van der Waals surface area contributed by atoms with Crippen LogP contribution in [0.15, 0.2) is 48.7 Å². The molecule has 28 heavy (non-hydrogen) atoms. The lowest BCUT2D eigenvalue weighted by atomic mass is 10.0. The van der Waals surface area contributed by atoms with Crippen molar-refractivity contribution in [3.63, 3.8) is 0 Å². The first-order valence-corrected chi connectivity index (χ1v) is 9.38. The highest BCUT2D eigenvalue weighted by atomic mass is 19.1. The Morgan fingerprint density at radius 2 is 2.18 bits per heavy atom. The van der Waals surface area contributed by atoms with Crippen LogP contribution in [0.25, 0.3) is 17.0 Å². The summed E-state index contributed by atoms with van der Waals surface area (Å²) in [5, 5.41) is 13.2. The predicted octanol–water partition coefficient (Wildman–Crippen LogP) is 3.65. The van der Waals surface area contributed by atoms with E-state index in [1.807, 2.05) is 18.3 Å². The SMILES string of the molecule is O=C(/C=C/c1ccc2c(c1)CCC2NCCc1c[nH]c2cc(F)ccc12)NO. The van der Waals surface area contributed by atoms with Gasteiger partial charge >= 0.3 is 0 Å². The van der Waals surface area contributed by atoms with Gasteiger partial charge in [-0.3, -0.25) is 10.0 Å². The van der Waals surface area contributed by atoms with E-state index in [1.165, 1.54) is 34.9 Å². The van der Waals surface area contributed by atoms with Gasteiger partial charge in [-0.15, -0.1) is 0 Å². The number of hydroxylamine groups is 1. The third-order valence-electron chi connectivity index (χ3n) is 5.30. The number of halogens is 1. The first kappa shape index (κ1) is 18.4. The fourth-order valence-corrected chi connectivity index (χ4v) is 3.91. The number of carbonyl (C=O) groups is 1. The first-order valence-electron chi connectivity index (χ1n) is 9.38. The Bertz CT molecular complexity index is 1040. The molecule has 1 heterocycles. The zero-order chi connectivity index (χ0) is 19.5. The molecule has 0 spiro atoms. The number of fused-ring (bicyclic) bond motifs is 2. The van der Waals surface area contributed by atoms with E-state index in [0.29, 0.717) is 6.04 Å². The number of aryl methyl sites for hydroxylation is 1. The third kappa shape index (κ3) is 3.83. The van der Waals surface area contributed by atoms with Crippen molar-refractivity contribution in [2.24, 2.45) is 0 Å². The normalized spacial score (nSPS) is 16.0. The second kappa shape index (κ2) is 7.96. The number of rotatable bonds is 6. The maximum Gasteiger partial charge on any atom is 0.267 e. The van der Waals surface area contributed by atoms with Crippen molar-refractivity contribution >= 4 is 22.9 Å². The Hall–Kier alpha value is -2.96. The maximum absolute atomic E-state index is 13.3. The van der Waals surface area contributed by atoms with Crippen LogP contribution in [0.5, 0.6) is 0 Å². The van der Waals surface area contributed by atoms with Crippen LogP contribution >= 0.6 is 0 Å². The standard InChI is InChI=1S/C22H22FN3O2/c23-17-4-6-19-16(13-25-21(19)12-17)9-10-24-20-7-3-15-11-14(1-5-18(15)20)2-8-22(27)26-28/h1-2,4-6,8,11-13,20,24-25,28H,3,7,9-10H2,(H,26,27)/b8-2+. The number of nitrogens with one attached hydrogen (secondary N) is 3. The van der Waals surface area contributed by atoms with E-state index in [-0.39, 0.29) is 5.82 Å². The second-order valence-electron chi connectivity index (χ2n) is 7.07. The molecule has 0 bridgehead atoms. The predicted molar refractivity (Wildman–Crippen MR) is 106 cm³/mol. The van der Waals surface area contributed by atoms with Crippen molar-refractivity contribution < 1.29 is 14.4 Å². The van der Waals surface area contributed by atoms with Crippen LogP contribution in [0.1, 0.15) is 34.7 Å². The van der Waals surface area contributed by atoms with Gasteiger partial charge in [-0.25, -0.2) is 9.87 Å². The molecular weight excluding hydrogens is 357 g/mol. The summed E-state index contributed by atoms with van der Waals surface area (Å²) in [5.41, 5.74) is 7.12. The zero-order valence-electron chi connectivity index (χ0n) is 15.3. The van der Waals surface area contributed by atoms with Gasteiger partial charge in [-0.1, -0.05) is 18.2 Å². The second-order valence-corrected chi connectivity index (χ2v) is 7.07. The topological polar surface area (TPSA) is 77.2 Å². The van der Waals surface area contributed by atoms with E-state index in [0.717, 1.165) is 42.3 Å². The van der Waals surface area contributed by atoms with E-state index >= 15 is 0 Å². The Morgan fingerprint density at radius 3 is 3.04 bits per heavy atom. The van der Waals surface area contributed by atoms with Crippen LogP contribution in [0.4, 0.5) is 4.39 Å². The molecule has 1 aromatic heterocycles. The fourth-order valence-electron chi connectivity index (χ4n) is 3.91. The molecule has 1 aliphatic carbocycles. The molecule has 0 fully saturated rings. The molecule has 1 atom stereocenters. The summed E-state index contributed by atoms with van der Waals surface area (Å²) in [6.45, 7) is 0.840. The van der Waals surface area contributed by atoms with Gasteiger partial charge < -0.3 is 10.3 Å². The molecule has 0 radical (unpaired) electrons. The molecule has 1 unspecified atom stereocenters. The van der Waals surface area contributed by atoms with Crippen molar-refractivity contribution in [1.29, 1.82) is 0 Å². The Labute approximate surface area is 162 Å². The molecule has 2 aromatic carbocycles. The average molecular weight is 379 g/mol. The number of benzene rings is 2. The average Bonchev–Trinajstić information content (AvgIpc) is 3.29. The third-order valence-corrected chi connectivity index (χ3v) is 5.30. The van der Waals surface area contributed by atoms with Crippen LogP contribution in [0.3, 0.4) is 0 Å². The molecular formula is C22H22FN3O2. The van der Waals surface area contributed by atoms with Crippen molar-refractivity contribution in [1.82, 2.24) is 15.8 Å². The van der Waals surface area contributed by atoms with Gasteiger partial charge in [-0.2, -0.15) is 0 Å². The summed E-state index contributed by atoms with van der Waals surface area (Å²) in [4.78, 5) is 14.2. The molecule has 6 heteroatoms. The van der Waals surface area contributed by atoms with Gasteiger partial charge in [0.2, 0.25) is 0 Å². The summed E-state index contributed by atoms with van der Waals surface area (Å²) in [6, 6.07) is 11.3. The van der Waals surface area contributed by atoms with Crippen LogP contribution in [0.2, 0.25) is 0 Å². The Morgan fingerprint density at radius 1 is 1.29 bits per heavy atom. The van der Waals surface area contributed by atoms with Crippen molar-refractivity contribution in [2.75, 3.05) is 6.54 Å². The Balaban J connectivity index is 1.38. The van der Waals surface area contributed by atoms with Crippen LogP contribution in [-0.2, 0) is 17.6 Å². The number of amides is 1. The van der Waals surface area contributed by atoms with Crippen LogP contribution in [0, 0.1) is 5.82 Å².